The molecular weight excluding hydrogens is 336 g/mol. The summed E-state index contributed by atoms with van der Waals surface area (Å²) in [7, 11) is 0. The van der Waals surface area contributed by atoms with Crippen LogP contribution in [0.15, 0.2) is 24.5 Å². The number of fused-ring (bicyclic) bond motifs is 1. The largest absolute Gasteiger partial charge is 0.367 e. The maximum absolute atomic E-state index is 9.07. The van der Waals surface area contributed by atoms with Crippen molar-refractivity contribution in [2.75, 3.05) is 38.0 Å². The quantitative estimate of drug-likeness (QED) is 0.900. The minimum atomic E-state index is 0.465. The molecule has 0 radical (unpaired) electrons. The molecule has 0 atom stereocenters. The summed E-state index contributed by atoms with van der Waals surface area (Å²) < 4.78 is 0. The number of hydrogen-bond donors (Lipinski definition) is 1. The molecule has 1 aromatic heterocycles. The van der Waals surface area contributed by atoms with E-state index >= 15 is 0 Å². The van der Waals surface area contributed by atoms with Gasteiger partial charge < -0.3 is 10.2 Å². The van der Waals surface area contributed by atoms with Crippen molar-refractivity contribution in [2.24, 2.45) is 0 Å². The van der Waals surface area contributed by atoms with Crippen LogP contribution in [0.4, 0.5) is 5.82 Å². The molecule has 1 N–H and O–H groups in total. The Morgan fingerprint density at radius 2 is 1.89 bits per heavy atom. The Kier molecular flexibility index (Phi) is 5.51. The summed E-state index contributed by atoms with van der Waals surface area (Å²) in [5, 5.41) is 13.7. The van der Waals surface area contributed by atoms with Crippen LogP contribution in [0.1, 0.15) is 38.2 Å². The molecule has 6 heteroatoms. The first-order valence-corrected chi connectivity index (χ1v) is 10.1. The Balaban J connectivity index is 1.36. The number of nitrogens with zero attached hydrogens (tertiary/aromatic N) is 5. The van der Waals surface area contributed by atoms with Gasteiger partial charge in [-0.2, -0.15) is 5.26 Å². The van der Waals surface area contributed by atoms with Gasteiger partial charge in [-0.05, 0) is 50.4 Å². The predicted molar refractivity (Wildman–Crippen MR) is 108 cm³/mol. The third kappa shape index (κ3) is 4.05. The lowest BCUT2D eigenvalue weighted by Gasteiger charge is -2.42. The van der Waals surface area contributed by atoms with Crippen molar-refractivity contribution in [1.82, 2.24) is 19.8 Å². The molecular formula is C21H28N6. The number of nitriles is 1. The molecule has 6 nitrogen and oxygen atoms in total. The molecule has 0 amide bonds. The Morgan fingerprint density at radius 3 is 2.59 bits per heavy atom. The molecule has 0 spiro atoms. The minimum absolute atomic E-state index is 0.465. The zero-order chi connectivity index (χ0) is 18.6. The lowest BCUT2D eigenvalue weighted by atomic mass is 9.89. The van der Waals surface area contributed by atoms with Gasteiger partial charge in [-0.3, -0.25) is 4.90 Å². The molecule has 0 bridgehead atoms. The van der Waals surface area contributed by atoms with E-state index in [1.807, 2.05) is 18.2 Å². The van der Waals surface area contributed by atoms with Crippen molar-refractivity contribution in [3.05, 3.63) is 30.1 Å². The summed E-state index contributed by atoms with van der Waals surface area (Å²) in [6.07, 6.45) is 6.46. The van der Waals surface area contributed by atoms with Gasteiger partial charge in [0.05, 0.1) is 17.1 Å². The number of benzene rings is 1. The van der Waals surface area contributed by atoms with E-state index in [0.29, 0.717) is 11.6 Å². The van der Waals surface area contributed by atoms with E-state index < -0.39 is 0 Å². The highest BCUT2D eigenvalue weighted by Crippen LogP contribution is 2.28. The van der Waals surface area contributed by atoms with Crippen LogP contribution < -0.4 is 5.32 Å². The Bertz CT molecular complexity index is 813. The SMILES string of the molecule is CCN1CCN([C@H]2CC[C@H](Nc3ncnc4cc(C#N)ccc34)CC2)CC1. The first-order chi connectivity index (χ1) is 13.3. The summed E-state index contributed by atoms with van der Waals surface area (Å²) in [6.45, 7) is 8.29. The minimum Gasteiger partial charge on any atom is -0.367 e. The maximum atomic E-state index is 9.07. The van der Waals surface area contributed by atoms with Gasteiger partial charge in [-0.15, -0.1) is 0 Å². The van der Waals surface area contributed by atoms with Crippen LogP contribution in [0, 0.1) is 11.3 Å². The standard InChI is InChI=1S/C21H28N6/c1-2-26-9-11-27(12-10-26)18-6-4-17(5-7-18)25-21-19-8-3-16(14-22)13-20(19)23-15-24-21/h3,8,13,15,17-18H,2,4-7,9-12H2,1H3,(H,23,24,25)/t17-,18-. The van der Waals surface area contributed by atoms with Crippen molar-refractivity contribution in [3.63, 3.8) is 0 Å². The summed E-state index contributed by atoms with van der Waals surface area (Å²) in [5.74, 6) is 0.893. The van der Waals surface area contributed by atoms with Gasteiger partial charge in [0.1, 0.15) is 12.1 Å². The number of aromatic nitrogens is 2. The predicted octanol–water partition coefficient (Wildman–Crippen LogP) is 2.86. The summed E-state index contributed by atoms with van der Waals surface area (Å²) >= 11 is 0. The summed E-state index contributed by atoms with van der Waals surface area (Å²) in [4.78, 5) is 14.0. The second-order valence-electron chi connectivity index (χ2n) is 7.69. The Morgan fingerprint density at radius 1 is 1.11 bits per heavy atom. The fourth-order valence-corrected chi connectivity index (χ4v) is 4.46. The third-order valence-electron chi connectivity index (χ3n) is 6.17. The number of rotatable bonds is 4. The number of nitrogens with one attached hydrogen (secondary N) is 1. The van der Waals surface area contributed by atoms with Crippen LogP contribution in [-0.2, 0) is 0 Å². The van der Waals surface area contributed by atoms with Crippen molar-refractivity contribution >= 4 is 16.7 Å². The van der Waals surface area contributed by atoms with Gasteiger partial charge in [-0.25, -0.2) is 9.97 Å². The molecule has 2 fully saturated rings. The van der Waals surface area contributed by atoms with Crippen LogP contribution in [0.25, 0.3) is 10.9 Å². The maximum Gasteiger partial charge on any atom is 0.137 e. The zero-order valence-electron chi connectivity index (χ0n) is 16.1. The smallest absolute Gasteiger partial charge is 0.137 e. The molecule has 142 valence electrons. The van der Waals surface area contributed by atoms with Crippen molar-refractivity contribution in [1.29, 1.82) is 5.26 Å². The van der Waals surface area contributed by atoms with E-state index in [-0.39, 0.29) is 0 Å². The lowest BCUT2D eigenvalue weighted by molar-refractivity contribution is 0.0800. The van der Waals surface area contributed by atoms with Gasteiger partial charge in [0.15, 0.2) is 0 Å². The molecule has 2 aromatic rings. The number of hydrogen-bond acceptors (Lipinski definition) is 6. The first kappa shape index (κ1) is 18.1. The van der Waals surface area contributed by atoms with Gasteiger partial charge in [0.25, 0.3) is 0 Å². The zero-order valence-corrected chi connectivity index (χ0v) is 16.1. The first-order valence-electron chi connectivity index (χ1n) is 10.1. The van der Waals surface area contributed by atoms with Crippen molar-refractivity contribution in [3.8, 4) is 6.07 Å². The van der Waals surface area contributed by atoms with Crippen molar-refractivity contribution < 1.29 is 0 Å². The number of piperazine rings is 1. The Hall–Kier alpha value is -2.23. The normalized spacial score (nSPS) is 24.6. The van der Waals surface area contributed by atoms with Crippen LogP contribution in [0.3, 0.4) is 0 Å². The molecule has 1 aliphatic carbocycles. The molecule has 0 unspecified atom stereocenters. The van der Waals surface area contributed by atoms with Crippen LogP contribution >= 0.6 is 0 Å². The molecule has 1 aliphatic heterocycles. The van der Waals surface area contributed by atoms with Crippen molar-refractivity contribution in [2.45, 2.75) is 44.7 Å². The van der Waals surface area contributed by atoms with E-state index in [1.165, 1.54) is 58.4 Å². The summed E-state index contributed by atoms with van der Waals surface area (Å²) in [5.41, 5.74) is 1.46. The third-order valence-corrected chi connectivity index (χ3v) is 6.17. The molecule has 1 saturated carbocycles. The average molecular weight is 364 g/mol. The Labute approximate surface area is 161 Å². The molecule has 2 heterocycles. The number of likely N-dealkylation sites (N-methyl/N-ethyl adjacent to an activating group) is 1. The van der Waals surface area contributed by atoms with Crippen LogP contribution in [-0.4, -0.2) is 64.6 Å². The highest BCUT2D eigenvalue weighted by molar-refractivity contribution is 5.89. The molecule has 1 saturated heterocycles. The monoisotopic (exact) mass is 364 g/mol. The van der Waals surface area contributed by atoms with Gasteiger partial charge in [0.2, 0.25) is 0 Å². The van der Waals surface area contributed by atoms with Gasteiger partial charge >= 0.3 is 0 Å². The second-order valence-corrected chi connectivity index (χ2v) is 7.69. The fraction of sp³-hybridized carbons (Fsp3) is 0.571. The van der Waals surface area contributed by atoms with E-state index in [1.54, 1.807) is 6.33 Å². The van der Waals surface area contributed by atoms with E-state index in [4.69, 9.17) is 5.26 Å². The van der Waals surface area contributed by atoms with E-state index in [0.717, 1.165) is 22.8 Å². The fourth-order valence-electron chi connectivity index (χ4n) is 4.46. The van der Waals surface area contributed by atoms with E-state index in [2.05, 4.69) is 38.1 Å². The topological polar surface area (TPSA) is 68.1 Å². The van der Waals surface area contributed by atoms with Crippen LogP contribution in [0.2, 0.25) is 0 Å². The van der Waals surface area contributed by atoms with Gasteiger partial charge in [0, 0.05) is 43.6 Å². The van der Waals surface area contributed by atoms with E-state index in [9.17, 15) is 0 Å². The second kappa shape index (κ2) is 8.20. The molecule has 27 heavy (non-hydrogen) atoms. The highest BCUT2D eigenvalue weighted by atomic mass is 15.3. The highest BCUT2D eigenvalue weighted by Gasteiger charge is 2.28. The van der Waals surface area contributed by atoms with Gasteiger partial charge in [-0.1, -0.05) is 6.92 Å². The van der Waals surface area contributed by atoms with Crippen LogP contribution in [0.5, 0.6) is 0 Å². The number of anilines is 1. The average Bonchev–Trinajstić information content (AvgIpc) is 2.74. The molecule has 1 aromatic carbocycles. The molecule has 4 rings (SSSR count). The molecule has 2 aliphatic rings. The summed E-state index contributed by atoms with van der Waals surface area (Å²) in [6, 6.07) is 9.00. The lowest BCUT2D eigenvalue weighted by Crippen LogP contribution is -2.51.